The number of piperazine rings is 2. The lowest BCUT2D eigenvalue weighted by Crippen LogP contribution is -2.51. The maximum atomic E-state index is 14.4. The minimum atomic E-state index is -0.732. The van der Waals surface area contributed by atoms with E-state index in [0.29, 0.717) is 71.7 Å². The monoisotopic (exact) mass is 646 g/mol. The number of rotatable bonds is 10. The fraction of sp³-hybridized carbons (Fsp3) is 0.429. The van der Waals surface area contributed by atoms with Crippen LogP contribution < -0.4 is 19.9 Å². The summed E-state index contributed by atoms with van der Waals surface area (Å²) >= 11 is 5.97. The van der Waals surface area contributed by atoms with E-state index in [2.05, 4.69) is 27.8 Å². The number of benzene rings is 3. The average molecular weight is 647 g/mol. The molecule has 10 nitrogen and oxygen atoms in total. The van der Waals surface area contributed by atoms with E-state index in [0.717, 1.165) is 31.9 Å². The van der Waals surface area contributed by atoms with Gasteiger partial charge in [0.15, 0.2) is 0 Å². The summed E-state index contributed by atoms with van der Waals surface area (Å²) in [4.78, 5) is 28.5. The van der Waals surface area contributed by atoms with E-state index in [1.54, 1.807) is 28.8 Å². The Labute approximate surface area is 275 Å². The molecule has 0 radical (unpaired) electrons. The smallest absolute Gasteiger partial charge is 0.266 e. The van der Waals surface area contributed by atoms with Crippen LogP contribution in [0, 0.1) is 0 Å². The van der Waals surface area contributed by atoms with E-state index >= 15 is 0 Å². The first-order valence-electron chi connectivity index (χ1n) is 16.0. The van der Waals surface area contributed by atoms with Crippen LogP contribution in [0.15, 0.2) is 71.5 Å². The zero-order valence-corrected chi connectivity index (χ0v) is 27.6. The van der Waals surface area contributed by atoms with Crippen LogP contribution in [-0.2, 0) is 6.54 Å². The Morgan fingerprint density at radius 1 is 0.913 bits per heavy atom. The van der Waals surface area contributed by atoms with Crippen LogP contribution in [0.5, 0.6) is 11.5 Å². The van der Waals surface area contributed by atoms with Gasteiger partial charge in [-0.25, -0.2) is 4.98 Å². The minimum Gasteiger partial charge on any atom is -0.489 e. The standard InChI is InChI=1S/C35H43ClN6O4/c1-25(2)46-32-7-5-4-6-31(32)42-33(37-30-13-10-27(22-29(30)35(42)44)40-18-14-38(3)15-19-40)23-39-16-20-41(21-17-39)34(43)24-45-28-11-8-26(36)9-12-28/h4-13,22,25,34,43H,14-21,23-24H2,1-3H3. The normalized spacial score (nSPS) is 17.5. The van der Waals surface area contributed by atoms with E-state index in [1.807, 2.05) is 55.1 Å². The molecule has 0 saturated carbocycles. The fourth-order valence-corrected chi connectivity index (χ4v) is 6.18. The van der Waals surface area contributed by atoms with E-state index < -0.39 is 6.23 Å². The average Bonchev–Trinajstić information content (AvgIpc) is 3.05. The zero-order chi connectivity index (χ0) is 32.2. The van der Waals surface area contributed by atoms with Gasteiger partial charge in [0.05, 0.1) is 29.2 Å². The van der Waals surface area contributed by atoms with E-state index in [-0.39, 0.29) is 18.3 Å². The molecular weight excluding hydrogens is 604 g/mol. The number of fused-ring (bicyclic) bond motifs is 1. The number of anilines is 1. The Bertz CT molecular complexity index is 1680. The molecule has 1 N–H and O–H groups in total. The van der Waals surface area contributed by atoms with Crippen molar-refractivity contribution in [2.75, 3.05) is 70.9 Å². The number of aliphatic hydroxyl groups excluding tert-OH is 1. The molecule has 1 aromatic heterocycles. The van der Waals surface area contributed by atoms with E-state index in [9.17, 15) is 9.90 Å². The van der Waals surface area contributed by atoms with E-state index in [1.165, 1.54) is 0 Å². The lowest BCUT2D eigenvalue weighted by atomic mass is 10.1. The number of hydrogen-bond donors (Lipinski definition) is 1. The summed E-state index contributed by atoms with van der Waals surface area (Å²) in [6, 6.07) is 20.8. The lowest BCUT2D eigenvalue weighted by molar-refractivity contribution is -0.0505. The second-order valence-electron chi connectivity index (χ2n) is 12.4. The molecule has 3 heterocycles. The lowest BCUT2D eigenvalue weighted by Gasteiger charge is -2.37. The Morgan fingerprint density at radius 3 is 2.35 bits per heavy atom. The van der Waals surface area contributed by atoms with Gasteiger partial charge in [0.2, 0.25) is 0 Å². The van der Waals surface area contributed by atoms with Gasteiger partial charge in [-0.05, 0) is 75.5 Å². The third-order valence-electron chi connectivity index (χ3n) is 8.66. The molecular formula is C35H43ClN6O4. The van der Waals surface area contributed by atoms with Gasteiger partial charge in [-0.15, -0.1) is 0 Å². The first-order valence-corrected chi connectivity index (χ1v) is 16.4. The van der Waals surface area contributed by atoms with Crippen molar-refractivity contribution in [3.8, 4) is 17.2 Å². The number of hydrogen-bond acceptors (Lipinski definition) is 9. The first-order chi connectivity index (χ1) is 22.2. The molecule has 244 valence electrons. The molecule has 46 heavy (non-hydrogen) atoms. The van der Waals surface area contributed by atoms with Crippen molar-refractivity contribution >= 4 is 28.2 Å². The molecule has 1 unspecified atom stereocenters. The summed E-state index contributed by atoms with van der Waals surface area (Å²) in [7, 11) is 2.14. The number of nitrogens with zero attached hydrogens (tertiary/aromatic N) is 6. The number of likely N-dealkylation sites (N-methyl/N-ethyl adjacent to an activating group) is 1. The van der Waals surface area contributed by atoms with Crippen molar-refractivity contribution in [3.63, 3.8) is 0 Å². The second kappa shape index (κ2) is 14.4. The van der Waals surface area contributed by atoms with Gasteiger partial charge >= 0.3 is 0 Å². The summed E-state index contributed by atoms with van der Waals surface area (Å²) in [6.45, 7) is 11.1. The Morgan fingerprint density at radius 2 is 1.63 bits per heavy atom. The molecule has 2 fully saturated rings. The molecule has 2 aliphatic rings. The summed E-state index contributed by atoms with van der Waals surface area (Å²) in [5.74, 6) is 1.97. The summed E-state index contributed by atoms with van der Waals surface area (Å²) < 4.78 is 13.7. The van der Waals surface area contributed by atoms with Crippen molar-refractivity contribution in [1.29, 1.82) is 0 Å². The van der Waals surface area contributed by atoms with Crippen LogP contribution in [-0.4, -0.2) is 108 Å². The SMILES string of the molecule is CC(C)Oc1ccccc1-n1c(CN2CCN(C(O)COc3ccc(Cl)cc3)CC2)nc2ccc(N3CCN(C)CC3)cc2c1=O. The van der Waals surface area contributed by atoms with Crippen molar-refractivity contribution < 1.29 is 14.6 Å². The number of halogens is 1. The largest absolute Gasteiger partial charge is 0.489 e. The number of aliphatic hydroxyl groups is 1. The Hall–Kier alpha value is -3.67. The number of para-hydroxylation sites is 2. The zero-order valence-electron chi connectivity index (χ0n) is 26.8. The number of ether oxygens (including phenoxy) is 2. The van der Waals surface area contributed by atoms with Gasteiger partial charge < -0.3 is 24.4 Å². The van der Waals surface area contributed by atoms with Gasteiger partial charge in [-0.1, -0.05) is 23.7 Å². The van der Waals surface area contributed by atoms with Crippen LogP contribution in [0.3, 0.4) is 0 Å². The molecule has 2 saturated heterocycles. The minimum absolute atomic E-state index is 0.0549. The third kappa shape index (κ3) is 7.48. The molecule has 1 atom stereocenters. The van der Waals surface area contributed by atoms with Gasteiger partial charge in [0.25, 0.3) is 5.56 Å². The number of aromatic nitrogens is 2. The predicted octanol–water partition coefficient (Wildman–Crippen LogP) is 4.09. The maximum Gasteiger partial charge on any atom is 0.266 e. The van der Waals surface area contributed by atoms with Crippen molar-refractivity contribution in [2.24, 2.45) is 0 Å². The second-order valence-corrected chi connectivity index (χ2v) is 12.8. The van der Waals surface area contributed by atoms with Crippen LogP contribution in [0.1, 0.15) is 19.7 Å². The molecule has 0 spiro atoms. The van der Waals surface area contributed by atoms with Crippen LogP contribution in [0.4, 0.5) is 5.69 Å². The van der Waals surface area contributed by atoms with Gasteiger partial charge in [-0.3, -0.25) is 19.2 Å². The molecule has 0 aliphatic carbocycles. The Balaban J connectivity index is 1.25. The summed E-state index contributed by atoms with van der Waals surface area (Å²) in [6.07, 6.45) is -0.787. The molecule has 2 aliphatic heterocycles. The topological polar surface area (TPSA) is 86.5 Å². The van der Waals surface area contributed by atoms with Crippen LogP contribution >= 0.6 is 11.6 Å². The van der Waals surface area contributed by atoms with Crippen molar-refractivity contribution in [3.05, 3.63) is 87.9 Å². The summed E-state index contributed by atoms with van der Waals surface area (Å²) in [5.41, 5.74) is 2.30. The highest BCUT2D eigenvalue weighted by atomic mass is 35.5. The van der Waals surface area contributed by atoms with E-state index in [4.69, 9.17) is 26.1 Å². The van der Waals surface area contributed by atoms with Gasteiger partial charge in [0, 0.05) is 63.1 Å². The van der Waals surface area contributed by atoms with Crippen molar-refractivity contribution in [2.45, 2.75) is 32.7 Å². The molecule has 0 bridgehead atoms. The Kier molecular flexibility index (Phi) is 10.1. The highest BCUT2D eigenvalue weighted by Gasteiger charge is 2.26. The quantitative estimate of drug-likeness (QED) is 0.274. The predicted molar refractivity (Wildman–Crippen MR) is 183 cm³/mol. The fourth-order valence-electron chi connectivity index (χ4n) is 6.06. The molecule has 6 rings (SSSR count). The molecule has 4 aromatic rings. The molecule has 0 amide bonds. The highest BCUT2D eigenvalue weighted by Crippen LogP contribution is 2.27. The first kappa shape index (κ1) is 32.3. The van der Waals surface area contributed by atoms with Crippen LogP contribution in [0.2, 0.25) is 5.02 Å². The molecule has 3 aromatic carbocycles. The third-order valence-corrected chi connectivity index (χ3v) is 8.92. The summed E-state index contributed by atoms with van der Waals surface area (Å²) in [5, 5.41) is 12.1. The highest BCUT2D eigenvalue weighted by molar-refractivity contribution is 6.30. The van der Waals surface area contributed by atoms with Crippen LogP contribution in [0.25, 0.3) is 16.6 Å². The van der Waals surface area contributed by atoms with Gasteiger partial charge in [-0.2, -0.15) is 0 Å². The van der Waals surface area contributed by atoms with Crippen molar-refractivity contribution in [1.82, 2.24) is 24.3 Å². The van der Waals surface area contributed by atoms with Gasteiger partial charge in [0.1, 0.15) is 30.2 Å². The molecule has 11 heteroatoms. The maximum absolute atomic E-state index is 14.4.